The second-order valence-corrected chi connectivity index (χ2v) is 8.04. The molecule has 0 spiro atoms. The lowest BCUT2D eigenvalue weighted by Crippen LogP contribution is -2.30. The first-order valence-electron chi connectivity index (χ1n) is 11.3. The first-order chi connectivity index (χ1) is 13.6. The smallest absolute Gasteiger partial charge is 0.299 e. The van der Waals surface area contributed by atoms with Crippen molar-refractivity contribution in [3.05, 3.63) is 29.6 Å². The first-order valence-corrected chi connectivity index (χ1v) is 11.3. The number of Topliss-reactive ketones (excluding diaryl/α,β-unsaturated/α-hetero) is 1. The topological polar surface area (TPSA) is 37.4 Å². The Balaban J connectivity index is 1.48. The lowest BCUT2D eigenvalue weighted by molar-refractivity contribution is -0.114. The Kier molecular flexibility index (Phi) is 10.2. The zero-order valence-corrected chi connectivity index (χ0v) is 17.5. The third kappa shape index (κ3) is 7.03. The number of hydrogen-bond donors (Lipinski definition) is 0. The quantitative estimate of drug-likeness (QED) is 0.243. The zero-order valence-electron chi connectivity index (χ0n) is 17.5. The summed E-state index contributed by atoms with van der Waals surface area (Å²) in [5, 5.41) is 0. The van der Waals surface area contributed by atoms with Crippen LogP contribution in [0.2, 0.25) is 0 Å². The van der Waals surface area contributed by atoms with Gasteiger partial charge in [0.2, 0.25) is 0 Å². The maximum absolute atomic E-state index is 13.3. The largest absolute Gasteiger partial charge is 0.305 e. The maximum Gasteiger partial charge on any atom is 0.299 e. The SMILES string of the molecule is CCCCCCCCCCCCCCCCN1C(=O)C(=O)c2cc(F)ccc21. The Bertz CT molecular complexity index is 629. The van der Waals surface area contributed by atoms with Gasteiger partial charge in [0.05, 0.1) is 11.3 Å². The molecular formula is C24H36FNO2. The van der Waals surface area contributed by atoms with Crippen molar-refractivity contribution >= 4 is 17.4 Å². The summed E-state index contributed by atoms with van der Waals surface area (Å²) in [6.45, 7) is 2.80. The van der Waals surface area contributed by atoms with Crippen molar-refractivity contribution in [2.75, 3.05) is 11.4 Å². The number of unbranched alkanes of at least 4 members (excludes halogenated alkanes) is 13. The predicted octanol–water partition coefficient (Wildman–Crippen LogP) is 6.84. The fourth-order valence-electron chi connectivity index (χ4n) is 3.96. The minimum absolute atomic E-state index is 0.204. The average molecular weight is 390 g/mol. The van der Waals surface area contributed by atoms with E-state index in [1.165, 1.54) is 100 Å². The van der Waals surface area contributed by atoms with Crippen molar-refractivity contribution in [2.24, 2.45) is 0 Å². The Labute approximate surface area is 169 Å². The standard InChI is InChI=1S/C24H36FNO2/c1-2-3-4-5-6-7-8-9-10-11-12-13-14-15-18-26-22-17-16-20(25)19-21(22)23(27)24(26)28/h16-17,19H,2-15,18H2,1H3. The molecule has 3 nitrogen and oxygen atoms in total. The van der Waals surface area contributed by atoms with Crippen molar-refractivity contribution in [2.45, 2.75) is 96.8 Å². The van der Waals surface area contributed by atoms with Crippen molar-refractivity contribution < 1.29 is 14.0 Å². The molecule has 0 radical (unpaired) electrons. The molecule has 0 bridgehead atoms. The Morgan fingerprint density at radius 3 is 1.79 bits per heavy atom. The number of fused-ring (bicyclic) bond motifs is 1. The molecule has 0 N–H and O–H groups in total. The van der Waals surface area contributed by atoms with E-state index in [4.69, 9.17) is 0 Å². The monoisotopic (exact) mass is 389 g/mol. The molecule has 1 aliphatic rings. The highest BCUT2D eigenvalue weighted by molar-refractivity contribution is 6.52. The summed E-state index contributed by atoms with van der Waals surface area (Å²) in [5.74, 6) is -1.58. The van der Waals surface area contributed by atoms with Crippen LogP contribution in [0.15, 0.2) is 18.2 Å². The molecule has 0 aromatic heterocycles. The molecular weight excluding hydrogens is 353 g/mol. The summed E-state index contributed by atoms with van der Waals surface area (Å²) in [6, 6.07) is 4.01. The fourth-order valence-corrected chi connectivity index (χ4v) is 3.96. The van der Waals surface area contributed by atoms with Gasteiger partial charge in [0.15, 0.2) is 0 Å². The van der Waals surface area contributed by atoms with Crippen molar-refractivity contribution in [3.8, 4) is 0 Å². The highest BCUT2D eigenvalue weighted by Crippen LogP contribution is 2.29. The molecule has 1 aliphatic heterocycles. The van der Waals surface area contributed by atoms with Crippen LogP contribution < -0.4 is 4.90 Å². The Morgan fingerprint density at radius 1 is 0.750 bits per heavy atom. The fraction of sp³-hybridized carbons (Fsp3) is 0.667. The molecule has 4 heteroatoms. The van der Waals surface area contributed by atoms with Crippen LogP contribution in [0.4, 0.5) is 10.1 Å². The number of hydrogen-bond acceptors (Lipinski definition) is 2. The van der Waals surface area contributed by atoms with E-state index in [0.29, 0.717) is 12.2 Å². The molecule has 1 aromatic rings. The van der Waals surface area contributed by atoms with Crippen LogP contribution >= 0.6 is 0 Å². The highest BCUT2D eigenvalue weighted by atomic mass is 19.1. The van der Waals surface area contributed by atoms with Gasteiger partial charge >= 0.3 is 0 Å². The number of amides is 1. The molecule has 2 rings (SSSR count). The number of anilines is 1. The van der Waals surface area contributed by atoms with Gasteiger partial charge in [0.1, 0.15) is 5.82 Å². The second kappa shape index (κ2) is 12.7. The van der Waals surface area contributed by atoms with Crippen molar-refractivity contribution in [1.82, 2.24) is 0 Å². The Morgan fingerprint density at radius 2 is 1.25 bits per heavy atom. The third-order valence-corrected chi connectivity index (χ3v) is 5.67. The maximum atomic E-state index is 13.3. The molecule has 0 atom stereocenters. The summed E-state index contributed by atoms with van der Waals surface area (Å²) in [7, 11) is 0. The summed E-state index contributed by atoms with van der Waals surface area (Å²) in [4.78, 5) is 25.6. The summed E-state index contributed by atoms with van der Waals surface area (Å²) in [5.41, 5.74) is 0.765. The number of benzene rings is 1. The number of rotatable bonds is 15. The van der Waals surface area contributed by atoms with Gasteiger partial charge < -0.3 is 4.90 Å². The minimum Gasteiger partial charge on any atom is -0.305 e. The number of nitrogens with zero attached hydrogens (tertiary/aromatic N) is 1. The molecule has 0 saturated carbocycles. The van der Waals surface area contributed by atoms with Crippen LogP contribution in [0.5, 0.6) is 0 Å². The van der Waals surface area contributed by atoms with E-state index in [2.05, 4.69) is 6.92 Å². The van der Waals surface area contributed by atoms with E-state index in [-0.39, 0.29) is 5.56 Å². The van der Waals surface area contributed by atoms with Crippen LogP contribution in [0.25, 0.3) is 0 Å². The Hall–Kier alpha value is -1.71. The van der Waals surface area contributed by atoms with Crippen LogP contribution in [-0.2, 0) is 4.79 Å². The molecule has 0 fully saturated rings. The normalized spacial score (nSPS) is 13.4. The molecule has 1 amide bonds. The molecule has 156 valence electrons. The predicted molar refractivity (Wildman–Crippen MR) is 113 cm³/mol. The van der Waals surface area contributed by atoms with E-state index in [1.54, 1.807) is 0 Å². The van der Waals surface area contributed by atoms with Gasteiger partial charge in [-0.15, -0.1) is 0 Å². The zero-order chi connectivity index (χ0) is 20.2. The third-order valence-electron chi connectivity index (χ3n) is 5.67. The minimum atomic E-state index is -0.583. The molecule has 0 saturated heterocycles. The van der Waals surface area contributed by atoms with Gasteiger partial charge in [-0.1, -0.05) is 90.4 Å². The number of carbonyl (C=O) groups excluding carboxylic acids is 2. The van der Waals surface area contributed by atoms with Crippen LogP contribution in [0, 0.1) is 5.82 Å². The molecule has 28 heavy (non-hydrogen) atoms. The van der Waals surface area contributed by atoms with Gasteiger partial charge in [-0.2, -0.15) is 0 Å². The van der Waals surface area contributed by atoms with E-state index in [0.717, 1.165) is 12.8 Å². The van der Waals surface area contributed by atoms with E-state index >= 15 is 0 Å². The molecule has 0 unspecified atom stereocenters. The van der Waals surface area contributed by atoms with Crippen LogP contribution in [0.3, 0.4) is 0 Å². The van der Waals surface area contributed by atoms with E-state index in [9.17, 15) is 14.0 Å². The summed E-state index contributed by atoms with van der Waals surface area (Å²) in [6.07, 6.45) is 18.0. The highest BCUT2D eigenvalue weighted by Gasteiger charge is 2.35. The van der Waals surface area contributed by atoms with Gasteiger partial charge in [0, 0.05) is 6.54 Å². The number of carbonyl (C=O) groups is 2. The van der Waals surface area contributed by atoms with E-state index < -0.39 is 17.5 Å². The van der Waals surface area contributed by atoms with E-state index in [1.807, 2.05) is 0 Å². The molecule has 0 aliphatic carbocycles. The van der Waals surface area contributed by atoms with Crippen molar-refractivity contribution in [1.29, 1.82) is 0 Å². The molecule has 1 aromatic carbocycles. The van der Waals surface area contributed by atoms with Gasteiger partial charge in [-0.05, 0) is 24.6 Å². The number of ketones is 1. The average Bonchev–Trinajstić information content (AvgIpc) is 2.92. The first kappa shape index (κ1) is 22.6. The van der Waals surface area contributed by atoms with Crippen LogP contribution in [-0.4, -0.2) is 18.2 Å². The van der Waals surface area contributed by atoms with Gasteiger partial charge in [-0.25, -0.2) is 4.39 Å². The lowest BCUT2D eigenvalue weighted by atomic mass is 10.0. The molecule has 1 heterocycles. The summed E-state index contributed by atoms with van der Waals surface area (Å²) < 4.78 is 13.3. The lowest BCUT2D eigenvalue weighted by Gasteiger charge is -2.16. The second-order valence-electron chi connectivity index (χ2n) is 8.04. The summed E-state index contributed by atoms with van der Waals surface area (Å²) >= 11 is 0. The van der Waals surface area contributed by atoms with Crippen molar-refractivity contribution in [3.63, 3.8) is 0 Å². The number of halogens is 1. The van der Waals surface area contributed by atoms with Crippen LogP contribution in [0.1, 0.15) is 107 Å². The van der Waals surface area contributed by atoms with Gasteiger partial charge in [0.25, 0.3) is 11.7 Å². The van der Waals surface area contributed by atoms with Gasteiger partial charge in [-0.3, -0.25) is 9.59 Å².